The lowest BCUT2D eigenvalue weighted by Gasteiger charge is -2.16. The van der Waals surface area contributed by atoms with Gasteiger partial charge in [0.1, 0.15) is 0 Å². The average Bonchev–Trinajstić information content (AvgIpc) is 1.62. The molecule has 1 atom stereocenters. The Kier molecular flexibility index (Phi) is 2.42. The Labute approximate surface area is 49.3 Å². The van der Waals surface area contributed by atoms with Gasteiger partial charge in [-0.1, -0.05) is 0 Å². The van der Waals surface area contributed by atoms with Gasteiger partial charge in [0.15, 0.2) is 6.10 Å². The molecule has 0 amide bonds. The molecule has 0 aliphatic rings. The van der Waals surface area contributed by atoms with Crippen LogP contribution in [-0.4, -0.2) is 23.6 Å². The second-order valence-electron chi connectivity index (χ2n) is 1.74. The van der Waals surface area contributed by atoms with Crippen LogP contribution in [0, 0.1) is 0 Å². The van der Waals surface area contributed by atoms with E-state index in [9.17, 15) is 17.6 Å². The highest BCUT2D eigenvalue weighted by Gasteiger charge is 2.39. The topological polar surface area (TPSA) is 20.2 Å². The van der Waals surface area contributed by atoms with Gasteiger partial charge in [-0.3, -0.25) is 0 Å². The van der Waals surface area contributed by atoms with E-state index in [1.807, 2.05) is 0 Å². The van der Waals surface area contributed by atoms with Crippen LogP contribution >= 0.6 is 0 Å². The van der Waals surface area contributed by atoms with Gasteiger partial charge in [-0.15, -0.1) is 0 Å². The van der Waals surface area contributed by atoms with E-state index in [1.165, 1.54) is 0 Å². The van der Waals surface area contributed by atoms with Gasteiger partial charge in [-0.05, 0) is 0 Å². The van der Waals surface area contributed by atoms with Crippen molar-refractivity contribution in [1.82, 2.24) is 0 Å². The molecule has 1 N–H and O–H groups in total. The molecule has 0 saturated carbocycles. The molecule has 0 aromatic carbocycles. The first-order chi connectivity index (χ1) is 3.85. The van der Waals surface area contributed by atoms with Crippen molar-refractivity contribution < 1.29 is 22.7 Å². The zero-order valence-corrected chi connectivity index (χ0v) is 4.61. The third-order valence-corrected chi connectivity index (χ3v) is 0.758. The lowest BCUT2D eigenvalue weighted by molar-refractivity contribution is -0.151. The minimum absolute atomic E-state index is 0.240. The summed E-state index contributed by atoms with van der Waals surface area (Å²) in [5.41, 5.74) is 0. The molecule has 0 aromatic rings. The molecule has 1 nitrogen and oxygen atoms in total. The van der Waals surface area contributed by atoms with E-state index in [-0.39, 0.29) is 6.92 Å². The van der Waals surface area contributed by atoms with Crippen molar-refractivity contribution in [1.29, 1.82) is 0 Å². The highest BCUT2D eigenvalue weighted by Crippen LogP contribution is 2.21. The first kappa shape index (κ1) is 8.68. The van der Waals surface area contributed by atoms with Crippen molar-refractivity contribution in [2.24, 2.45) is 0 Å². The first-order valence-electron chi connectivity index (χ1n) is 2.19. The number of hydrogen-bond acceptors (Lipinski definition) is 1. The Balaban J connectivity index is 3.88. The highest BCUT2D eigenvalue weighted by molar-refractivity contribution is 4.72. The van der Waals surface area contributed by atoms with Gasteiger partial charge < -0.3 is 5.11 Å². The molecular formula is C4H6F4O. The molecule has 0 fully saturated rings. The number of aliphatic hydroxyl groups excluding tert-OH is 1. The number of hydrogen-bond donors (Lipinski definition) is 1. The standard InChI is InChI=1S/C4H6F4O/c1-4(7,8)2(9)3(5)6/h2-3,9H,1H3. The first-order valence-corrected chi connectivity index (χ1v) is 2.19. The number of alkyl halides is 4. The van der Waals surface area contributed by atoms with Crippen LogP contribution in [0.4, 0.5) is 17.6 Å². The molecule has 1 unspecified atom stereocenters. The van der Waals surface area contributed by atoms with E-state index >= 15 is 0 Å². The largest absolute Gasteiger partial charge is 0.381 e. The van der Waals surface area contributed by atoms with Crippen molar-refractivity contribution in [3.63, 3.8) is 0 Å². The summed E-state index contributed by atoms with van der Waals surface area (Å²) in [7, 11) is 0. The van der Waals surface area contributed by atoms with Crippen molar-refractivity contribution >= 4 is 0 Å². The SMILES string of the molecule is CC(F)(F)C(O)C(F)F. The molecule has 56 valence electrons. The van der Waals surface area contributed by atoms with Crippen LogP contribution in [0.15, 0.2) is 0 Å². The third-order valence-electron chi connectivity index (χ3n) is 0.758. The predicted octanol–water partition coefficient (Wildman–Crippen LogP) is 1.27. The molecule has 0 aliphatic heterocycles. The summed E-state index contributed by atoms with van der Waals surface area (Å²) in [6.07, 6.45) is -6.23. The lowest BCUT2D eigenvalue weighted by atomic mass is 10.2. The van der Waals surface area contributed by atoms with Crippen molar-refractivity contribution in [3.05, 3.63) is 0 Å². The van der Waals surface area contributed by atoms with Crippen LogP contribution in [0.25, 0.3) is 0 Å². The van der Waals surface area contributed by atoms with Crippen LogP contribution in [-0.2, 0) is 0 Å². The molecular weight excluding hydrogens is 140 g/mol. The fourth-order valence-electron chi connectivity index (χ4n) is 0.221. The lowest BCUT2D eigenvalue weighted by Crippen LogP contribution is -2.36. The minimum atomic E-state index is -3.71. The quantitative estimate of drug-likeness (QED) is 0.581. The molecule has 0 rings (SSSR count). The van der Waals surface area contributed by atoms with Gasteiger partial charge in [-0.25, -0.2) is 17.6 Å². The molecule has 0 aromatic heterocycles. The fourth-order valence-corrected chi connectivity index (χ4v) is 0.221. The van der Waals surface area contributed by atoms with E-state index in [1.54, 1.807) is 0 Å². The van der Waals surface area contributed by atoms with E-state index in [0.717, 1.165) is 0 Å². The van der Waals surface area contributed by atoms with Crippen LogP contribution in [0.5, 0.6) is 0 Å². The van der Waals surface area contributed by atoms with Crippen molar-refractivity contribution in [2.75, 3.05) is 0 Å². The number of rotatable bonds is 2. The molecule has 0 heterocycles. The number of halogens is 4. The minimum Gasteiger partial charge on any atom is -0.381 e. The van der Waals surface area contributed by atoms with Gasteiger partial charge >= 0.3 is 0 Å². The summed E-state index contributed by atoms with van der Waals surface area (Å²) in [6, 6.07) is 0. The fraction of sp³-hybridized carbons (Fsp3) is 1.00. The zero-order valence-electron chi connectivity index (χ0n) is 4.61. The third kappa shape index (κ3) is 2.64. The molecule has 9 heavy (non-hydrogen) atoms. The predicted molar refractivity (Wildman–Crippen MR) is 22.6 cm³/mol. The van der Waals surface area contributed by atoms with E-state index in [0.29, 0.717) is 0 Å². The monoisotopic (exact) mass is 146 g/mol. The molecule has 0 radical (unpaired) electrons. The number of aliphatic hydroxyl groups is 1. The summed E-state index contributed by atoms with van der Waals surface area (Å²) in [5.74, 6) is -3.71. The average molecular weight is 146 g/mol. The molecule has 5 heteroatoms. The summed E-state index contributed by atoms with van der Waals surface area (Å²) < 4.78 is 45.7. The smallest absolute Gasteiger partial charge is 0.276 e. The van der Waals surface area contributed by atoms with Gasteiger partial charge in [-0.2, -0.15) is 0 Å². The maximum atomic E-state index is 11.6. The van der Waals surface area contributed by atoms with Gasteiger partial charge in [0, 0.05) is 6.92 Å². The highest BCUT2D eigenvalue weighted by atomic mass is 19.3. The van der Waals surface area contributed by atoms with Crippen molar-refractivity contribution in [2.45, 2.75) is 25.4 Å². The van der Waals surface area contributed by atoms with Crippen LogP contribution in [0.3, 0.4) is 0 Å². The van der Waals surface area contributed by atoms with Crippen LogP contribution < -0.4 is 0 Å². The normalized spacial score (nSPS) is 16.3. The molecule has 0 spiro atoms. The van der Waals surface area contributed by atoms with Crippen LogP contribution in [0.2, 0.25) is 0 Å². The van der Waals surface area contributed by atoms with Crippen LogP contribution in [0.1, 0.15) is 6.92 Å². The second kappa shape index (κ2) is 2.51. The Hall–Kier alpha value is -0.320. The molecule has 0 aliphatic carbocycles. The Morgan fingerprint density at radius 3 is 1.67 bits per heavy atom. The zero-order chi connectivity index (χ0) is 7.65. The van der Waals surface area contributed by atoms with Gasteiger partial charge in [0.25, 0.3) is 12.3 Å². The van der Waals surface area contributed by atoms with E-state index < -0.39 is 18.5 Å². The van der Waals surface area contributed by atoms with Gasteiger partial charge in [0.2, 0.25) is 0 Å². The Bertz CT molecular complexity index is 87.1. The van der Waals surface area contributed by atoms with E-state index in [4.69, 9.17) is 5.11 Å². The summed E-state index contributed by atoms with van der Waals surface area (Å²) in [4.78, 5) is 0. The summed E-state index contributed by atoms with van der Waals surface area (Å²) in [5, 5.41) is 7.96. The summed E-state index contributed by atoms with van der Waals surface area (Å²) in [6.45, 7) is 0.240. The maximum absolute atomic E-state index is 11.6. The maximum Gasteiger partial charge on any atom is 0.276 e. The molecule has 0 bridgehead atoms. The Morgan fingerprint density at radius 2 is 1.67 bits per heavy atom. The van der Waals surface area contributed by atoms with Gasteiger partial charge in [0.05, 0.1) is 0 Å². The van der Waals surface area contributed by atoms with Crippen molar-refractivity contribution in [3.8, 4) is 0 Å². The summed E-state index contributed by atoms with van der Waals surface area (Å²) >= 11 is 0. The molecule has 0 saturated heterocycles. The van der Waals surface area contributed by atoms with E-state index in [2.05, 4.69) is 0 Å². The second-order valence-corrected chi connectivity index (χ2v) is 1.74. The Morgan fingerprint density at radius 1 is 1.33 bits per heavy atom.